The van der Waals surface area contributed by atoms with Gasteiger partial charge in [0, 0.05) is 19.2 Å². The van der Waals surface area contributed by atoms with Gasteiger partial charge in [0.05, 0.1) is 7.11 Å². The summed E-state index contributed by atoms with van der Waals surface area (Å²) in [5.41, 5.74) is 5.74. The Hall–Kier alpha value is -1.52. The van der Waals surface area contributed by atoms with E-state index in [4.69, 9.17) is 10.5 Å². The molecule has 2 N–H and O–H groups in total. The second kappa shape index (κ2) is 4.63. The Balaban J connectivity index is 1.79. The molecule has 0 amide bonds. The third-order valence-electron chi connectivity index (χ3n) is 3.59. The van der Waals surface area contributed by atoms with Gasteiger partial charge >= 0.3 is 0 Å². The highest BCUT2D eigenvalue weighted by Crippen LogP contribution is 2.35. The maximum Gasteiger partial charge on any atom is 0.225 e. The molecule has 1 heterocycles. The lowest BCUT2D eigenvalue weighted by molar-refractivity contribution is 0.397. The number of rotatable bonds is 6. The average Bonchev–Trinajstić information content (AvgIpc) is 3.22. The molecule has 2 aliphatic rings. The lowest BCUT2D eigenvalue weighted by atomic mass is 10.3. The number of hydrogen-bond acceptors (Lipinski definition) is 5. The number of hydrogen-bond donors (Lipinski definition) is 1. The number of nitrogens with zero attached hydrogens (tertiary/aromatic N) is 3. The van der Waals surface area contributed by atoms with Gasteiger partial charge in [0.2, 0.25) is 11.8 Å². The van der Waals surface area contributed by atoms with E-state index in [-0.39, 0.29) is 0 Å². The molecule has 3 rings (SSSR count). The summed E-state index contributed by atoms with van der Waals surface area (Å²) in [7, 11) is 1.61. The molecule has 0 bridgehead atoms. The molecule has 2 fully saturated rings. The first-order chi connectivity index (χ1) is 8.74. The highest BCUT2D eigenvalue weighted by molar-refractivity contribution is 5.46. The van der Waals surface area contributed by atoms with Crippen molar-refractivity contribution in [3.8, 4) is 5.88 Å². The summed E-state index contributed by atoms with van der Waals surface area (Å²) in [6, 6.07) is 1.89. The van der Waals surface area contributed by atoms with E-state index in [1.165, 1.54) is 25.7 Å². The van der Waals surface area contributed by atoms with Crippen LogP contribution in [0.25, 0.3) is 0 Å². The minimum atomic E-state index is 0.293. The molecule has 98 valence electrons. The molecule has 2 aliphatic carbocycles. The fourth-order valence-electron chi connectivity index (χ4n) is 2.18. The number of methoxy groups -OCH3 is 1. The Bertz CT molecular complexity index is 415. The van der Waals surface area contributed by atoms with E-state index in [0.717, 1.165) is 30.7 Å². The number of nitrogens with two attached hydrogens (primary N) is 1. The van der Waals surface area contributed by atoms with Crippen molar-refractivity contribution in [2.45, 2.75) is 25.7 Å². The van der Waals surface area contributed by atoms with Gasteiger partial charge in [-0.05, 0) is 37.5 Å². The summed E-state index contributed by atoms with van der Waals surface area (Å²) in [6.45, 7) is 2.19. The van der Waals surface area contributed by atoms with Crippen LogP contribution in [0, 0.1) is 11.8 Å². The van der Waals surface area contributed by atoms with Crippen LogP contribution in [0.5, 0.6) is 5.88 Å². The number of aromatic nitrogens is 2. The first-order valence-corrected chi connectivity index (χ1v) is 6.68. The topological polar surface area (TPSA) is 64.3 Å². The van der Waals surface area contributed by atoms with E-state index in [0.29, 0.717) is 11.8 Å². The standard InChI is InChI=1S/C13H20N4O/c1-18-12-6-11(15-13(14)16-12)17(7-9-2-3-9)8-10-4-5-10/h6,9-10H,2-5,7-8H2,1H3,(H2,14,15,16). The zero-order chi connectivity index (χ0) is 12.5. The molecule has 1 aromatic heterocycles. The van der Waals surface area contributed by atoms with E-state index in [1.54, 1.807) is 7.11 Å². The van der Waals surface area contributed by atoms with Gasteiger partial charge in [-0.25, -0.2) is 0 Å². The fourth-order valence-corrected chi connectivity index (χ4v) is 2.18. The summed E-state index contributed by atoms with van der Waals surface area (Å²) in [5, 5.41) is 0. The van der Waals surface area contributed by atoms with Crippen molar-refractivity contribution in [2.75, 3.05) is 30.8 Å². The Kier molecular flexibility index (Phi) is 2.97. The van der Waals surface area contributed by atoms with Crippen LogP contribution in [0.2, 0.25) is 0 Å². The average molecular weight is 248 g/mol. The van der Waals surface area contributed by atoms with Gasteiger partial charge in [0.1, 0.15) is 5.82 Å². The summed E-state index contributed by atoms with van der Waals surface area (Å²) in [6.07, 6.45) is 5.38. The van der Waals surface area contributed by atoms with Gasteiger partial charge in [-0.15, -0.1) is 0 Å². The van der Waals surface area contributed by atoms with Crippen molar-refractivity contribution in [3.63, 3.8) is 0 Å². The first-order valence-electron chi connectivity index (χ1n) is 6.68. The molecule has 0 saturated heterocycles. The number of nitrogen functional groups attached to an aromatic ring is 1. The lowest BCUT2D eigenvalue weighted by Crippen LogP contribution is -2.29. The second-order valence-corrected chi connectivity index (χ2v) is 5.42. The zero-order valence-electron chi connectivity index (χ0n) is 10.8. The third-order valence-corrected chi connectivity index (χ3v) is 3.59. The van der Waals surface area contributed by atoms with Gasteiger partial charge in [0.15, 0.2) is 0 Å². The van der Waals surface area contributed by atoms with Crippen molar-refractivity contribution in [1.29, 1.82) is 0 Å². The monoisotopic (exact) mass is 248 g/mol. The zero-order valence-corrected chi connectivity index (χ0v) is 10.8. The van der Waals surface area contributed by atoms with E-state index in [2.05, 4.69) is 14.9 Å². The summed E-state index contributed by atoms with van der Waals surface area (Å²) in [4.78, 5) is 10.8. The Morgan fingerprint density at radius 2 is 1.83 bits per heavy atom. The van der Waals surface area contributed by atoms with E-state index >= 15 is 0 Å². The van der Waals surface area contributed by atoms with Crippen molar-refractivity contribution >= 4 is 11.8 Å². The van der Waals surface area contributed by atoms with E-state index in [9.17, 15) is 0 Å². The molecule has 5 nitrogen and oxygen atoms in total. The minimum Gasteiger partial charge on any atom is -0.481 e. The SMILES string of the molecule is COc1cc(N(CC2CC2)CC2CC2)nc(N)n1. The molecule has 18 heavy (non-hydrogen) atoms. The minimum absolute atomic E-state index is 0.293. The Morgan fingerprint density at radius 3 is 2.33 bits per heavy atom. The molecule has 1 aromatic rings. The molecule has 0 aliphatic heterocycles. The van der Waals surface area contributed by atoms with Gasteiger partial charge in [-0.3, -0.25) is 0 Å². The molecule has 5 heteroatoms. The third kappa shape index (κ3) is 2.83. The predicted octanol–water partition coefficient (Wildman–Crippen LogP) is 1.69. The summed E-state index contributed by atoms with van der Waals surface area (Å²) >= 11 is 0. The van der Waals surface area contributed by atoms with Gasteiger partial charge in [-0.1, -0.05) is 0 Å². The van der Waals surface area contributed by atoms with Gasteiger partial charge in [-0.2, -0.15) is 9.97 Å². The fraction of sp³-hybridized carbons (Fsp3) is 0.692. The molecule has 0 radical (unpaired) electrons. The van der Waals surface area contributed by atoms with Gasteiger partial charge in [0.25, 0.3) is 0 Å². The molecule has 0 aromatic carbocycles. The number of ether oxygens (including phenoxy) is 1. The second-order valence-electron chi connectivity index (χ2n) is 5.42. The van der Waals surface area contributed by atoms with Gasteiger partial charge < -0.3 is 15.4 Å². The largest absolute Gasteiger partial charge is 0.481 e. The smallest absolute Gasteiger partial charge is 0.225 e. The van der Waals surface area contributed by atoms with Crippen LogP contribution in [-0.4, -0.2) is 30.2 Å². The molecule has 0 spiro atoms. The Morgan fingerprint density at radius 1 is 1.22 bits per heavy atom. The maximum absolute atomic E-state index is 5.74. The van der Waals surface area contributed by atoms with Crippen molar-refractivity contribution in [2.24, 2.45) is 11.8 Å². The molecule has 0 atom stereocenters. The van der Waals surface area contributed by atoms with Crippen LogP contribution in [0.1, 0.15) is 25.7 Å². The van der Waals surface area contributed by atoms with E-state index in [1.807, 2.05) is 6.07 Å². The van der Waals surface area contributed by atoms with Crippen LogP contribution in [0.4, 0.5) is 11.8 Å². The van der Waals surface area contributed by atoms with Crippen molar-refractivity contribution in [1.82, 2.24) is 9.97 Å². The normalized spacial score (nSPS) is 18.7. The predicted molar refractivity (Wildman–Crippen MR) is 70.7 cm³/mol. The van der Waals surface area contributed by atoms with Crippen LogP contribution < -0.4 is 15.4 Å². The van der Waals surface area contributed by atoms with Crippen LogP contribution >= 0.6 is 0 Å². The molecular weight excluding hydrogens is 228 g/mol. The highest BCUT2D eigenvalue weighted by Gasteiger charge is 2.30. The first kappa shape index (κ1) is 11.6. The van der Waals surface area contributed by atoms with Crippen molar-refractivity contribution < 1.29 is 4.74 Å². The van der Waals surface area contributed by atoms with Crippen LogP contribution in [0.3, 0.4) is 0 Å². The summed E-state index contributed by atoms with van der Waals surface area (Å²) in [5.74, 6) is 3.44. The lowest BCUT2D eigenvalue weighted by Gasteiger charge is -2.24. The highest BCUT2D eigenvalue weighted by atomic mass is 16.5. The Labute approximate surface area is 107 Å². The molecule has 2 saturated carbocycles. The maximum atomic E-state index is 5.74. The van der Waals surface area contributed by atoms with Crippen LogP contribution in [-0.2, 0) is 0 Å². The molecule has 0 unspecified atom stereocenters. The van der Waals surface area contributed by atoms with E-state index < -0.39 is 0 Å². The summed E-state index contributed by atoms with van der Waals surface area (Å²) < 4.78 is 5.17. The number of anilines is 2. The quantitative estimate of drug-likeness (QED) is 0.830. The van der Waals surface area contributed by atoms with Crippen LogP contribution in [0.15, 0.2) is 6.07 Å². The molecular formula is C13H20N4O. The van der Waals surface area contributed by atoms with Crippen molar-refractivity contribution in [3.05, 3.63) is 6.07 Å².